The summed E-state index contributed by atoms with van der Waals surface area (Å²) in [5.74, 6) is 0.144. The van der Waals surface area contributed by atoms with Gasteiger partial charge in [-0.2, -0.15) is 18.4 Å². The van der Waals surface area contributed by atoms with Gasteiger partial charge in [0.15, 0.2) is 6.17 Å². The number of carbonyl (C=O) groups is 5. The number of likely N-dealkylation sites (tertiary alicyclic amines) is 1. The van der Waals surface area contributed by atoms with Gasteiger partial charge in [-0.15, -0.1) is 0 Å². The molecule has 0 radical (unpaired) electrons. The predicted octanol–water partition coefficient (Wildman–Crippen LogP) is 2.14. The van der Waals surface area contributed by atoms with Gasteiger partial charge in [0.1, 0.15) is 6.04 Å². The van der Waals surface area contributed by atoms with E-state index in [9.17, 15) is 36.7 Å². The molecule has 1 aliphatic carbocycles. The molecule has 0 aromatic heterocycles. The number of nitrogens with one attached hydrogen (secondary N) is 2. The van der Waals surface area contributed by atoms with Crippen LogP contribution in [0.25, 0.3) is 0 Å². The van der Waals surface area contributed by atoms with Crippen LogP contribution in [0.3, 0.4) is 0 Å². The molecule has 10 nitrogen and oxygen atoms in total. The van der Waals surface area contributed by atoms with Crippen LogP contribution in [0.5, 0.6) is 0 Å². The zero-order valence-corrected chi connectivity index (χ0v) is 22.9. The Morgan fingerprint density at radius 2 is 1.69 bits per heavy atom. The lowest BCUT2D eigenvalue weighted by molar-refractivity contribution is -0.133. The first-order valence-corrected chi connectivity index (χ1v) is 12.0. The van der Waals surface area contributed by atoms with Crippen LogP contribution in [0, 0.1) is 34.0 Å². The van der Waals surface area contributed by atoms with Crippen LogP contribution in [-0.4, -0.2) is 66.9 Å². The summed E-state index contributed by atoms with van der Waals surface area (Å²) in [7, 11) is 0. The zero-order valence-electron chi connectivity index (χ0n) is 22.9. The molecule has 3 rings (SSSR count). The molecule has 3 unspecified atom stereocenters. The van der Waals surface area contributed by atoms with Crippen molar-refractivity contribution >= 4 is 30.5 Å². The number of halogens is 4. The van der Waals surface area contributed by atoms with E-state index in [2.05, 4.69) is 50.6 Å². The van der Waals surface area contributed by atoms with E-state index in [0.29, 0.717) is 24.2 Å². The van der Waals surface area contributed by atoms with Crippen LogP contribution in [0.4, 0.5) is 17.6 Å². The highest BCUT2D eigenvalue weighted by atomic mass is 19.4. The van der Waals surface area contributed by atoms with E-state index < -0.39 is 30.2 Å². The molecule has 0 aromatic rings. The number of carbonyl (C=O) groups excluding carboxylic acids is 5. The Labute approximate surface area is 225 Å². The highest BCUT2D eigenvalue weighted by Gasteiger charge is 2.62. The average molecular weight is 564 g/mol. The zero-order chi connectivity index (χ0) is 30.8. The number of piperidine rings is 1. The van der Waals surface area contributed by atoms with Crippen molar-refractivity contribution in [1.82, 2.24) is 15.5 Å². The molecule has 2 heterocycles. The van der Waals surface area contributed by atoms with Gasteiger partial charge in [0.2, 0.25) is 18.7 Å². The molecule has 1 saturated heterocycles. The van der Waals surface area contributed by atoms with Crippen LogP contribution in [-0.2, 0) is 24.0 Å². The van der Waals surface area contributed by atoms with E-state index >= 15 is 0 Å². The topological polar surface area (TPSA) is 162 Å². The Balaban J connectivity index is 0.000000583. The molecule has 1 saturated carbocycles. The molecule has 0 spiro atoms. The van der Waals surface area contributed by atoms with E-state index in [1.807, 2.05) is 0 Å². The highest BCUT2D eigenvalue weighted by Crippen LogP contribution is 2.62. The number of hydrogen-bond acceptors (Lipinski definition) is 6. The fraction of sp³-hybridized carbons (Fsp3) is 0.680. The van der Waals surface area contributed by atoms with Crippen LogP contribution in [0.1, 0.15) is 54.4 Å². The number of nitrogens with zero attached hydrogens (tertiary/aromatic N) is 2. The molecule has 0 aromatic carbocycles. The number of imide groups is 1. The molecule has 0 bridgehead atoms. The minimum absolute atomic E-state index is 0.0343. The molecule has 5 amide bonds. The summed E-state index contributed by atoms with van der Waals surface area (Å²) in [6.07, 6.45) is -3.95. The fourth-order valence-corrected chi connectivity index (χ4v) is 4.09. The van der Waals surface area contributed by atoms with Gasteiger partial charge < -0.3 is 16.0 Å². The molecular formula is C25H37F4N5O5. The minimum Gasteiger partial charge on any atom is -0.372 e. The van der Waals surface area contributed by atoms with Crippen LogP contribution in [0.2, 0.25) is 0 Å². The molecule has 4 N–H and O–H groups in total. The summed E-state index contributed by atoms with van der Waals surface area (Å²) in [4.78, 5) is 54.7. The number of rotatable bonds is 5. The van der Waals surface area contributed by atoms with E-state index in [1.54, 1.807) is 11.4 Å². The highest BCUT2D eigenvalue weighted by molar-refractivity contribution is 6.09. The number of hydrogen-bond donors (Lipinski definition) is 3. The van der Waals surface area contributed by atoms with Gasteiger partial charge >= 0.3 is 6.18 Å². The lowest BCUT2D eigenvalue weighted by atomic mass is 9.91. The van der Waals surface area contributed by atoms with Crippen LogP contribution < -0.4 is 16.4 Å². The van der Waals surface area contributed by atoms with Crippen molar-refractivity contribution in [1.29, 1.82) is 5.26 Å². The molecular weight excluding hydrogens is 526 g/mol. The van der Waals surface area contributed by atoms with Crippen molar-refractivity contribution in [3.05, 3.63) is 11.6 Å². The van der Waals surface area contributed by atoms with E-state index in [0.717, 1.165) is 31.0 Å². The largest absolute Gasteiger partial charge is 0.386 e. The van der Waals surface area contributed by atoms with E-state index in [4.69, 9.17) is 10.1 Å². The van der Waals surface area contributed by atoms with Gasteiger partial charge in [0.25, 0.3) is 11.8 Å². The maximum absolute atomic E-state index is 12.9. The van der Waals surface area contributed by atoms with Crippen molar-refractivity contribution in [2.45, 2.75) is 72.8 Å². The second-order valence-corrected chi connectivity index (χ2v) is 11.1. The van der Waals surface area contributed by atoms with E-state index in [-0.39, 0.29) is 30.7 Å². The SMILES string of the molecule is CC(C)(C)CC(=O)N1CC2[C@H](C1)C2(C)C.CC(F)(F)F.N#CC(CC1=CC(F)C(=O)NC1=O)NC=O.NC=O. The molecule has 2 aliphatic heterocycles. The first-order valence-electron chi connectivity index (χ1n) is 12.0. The number of alkyl halides is 4. The van der Waals surface area contributed by atoms with Crippen LogP contribution >= 0.6 is 0 Å². The summed E-state index contributed by atoms with van der Waals surface area (Å²) >= 11 is 0. The lowest BCUT2D eigenvalue weighted by Crippen LogP contribution is -2.42. The van der Waals surface area contributed by atoms with Gasteiger partial charge in [-0.1, -0.05) is 34.6 Å². The maximum Gasteiger partial charge on any atom is 0.386 e. The summed E-state index contributed by atoms with van der Waals surface area (Å²) in [5, 5.41) is 12.6. The van der Waals surface area contributed by atoms with Gasteiger partial charge in [-0.3, -0.25) is 29.3 Å². The molecule has 4 atom stereocenters. The Morgan fingerprint density at radius 3 is 2.08 bits per heavy atom. The van der Waals surface area contributed by atoms with Crippen molar-refractivity contribution in [3.63, 3.8) is 0 Å². The number of primary amides is 1. The number of nitrogens with two attached hydrogens (primary N) is 1. The third-order valence-electron chi connectivity index (χ3n) is 6.13. The molecule has 3 aliphatic rings. The average Bonchev–Trinajstić information content (AvgIpc) is 3.10. The first-order chi connectivity index (χ1) is 17.7. The molecule has 2 fully saturated rings. The van der Waals surface area contributed by atoms with E-state index in [1.165, 1.54) is 0 Å². The van der Waals surface area contributed by atoms with Gasteiger partial charge in [-0.25, -0.2) is 4.39 Å². The minimum atomic E-state index is -4.00. The lowest BCUT2D eigenvalue weighted by Gasteiger charge is -2.26. The van der Waals surface area contributed by atoms with Crippen molar-refractivity contribution in [2.75, 3.05) is 13.1 Å². The summed E-state index contributed by atoms with van der Waals surface area (Å²) in [6.45, 7) is 13.2. The maximum atomic E-state index is 12.9. The normalized spacial score (nSPS) is 23.3. The summed E-state index contributed by atoms with van der Waals surface area (Å²) < 4.78 is 44.0. The Morgan fingerprint density at radius 1 is 1.23 bits per heavy atom. The second-order valence-electron chi connectivity index (χ2n) is 11.1. The summed E-state index contributed by atoms with van der Waals surface area (Å²) in [5.41, 5.74) is 4.77. The third kappa shape index (κ3) is 13.2. The number of amides is 5. The summed E-state index contributed by atoms with van der Waals surface area (Å²) in [6, 6.07) is 0.805. The fourth-order valence-electron chi connectivity index (χ4n) is 4.09. The second kappa shape index (κ2) is 14.6. The van der Waals surface area contributed by atoms with Crippen molar-refractivity contribution in [3.8, 4) is 6.07 Å². The Hall–Kier alpha value is -3.50. The molecule has 39 heavy (non-hydrogen) atoms. The van der Waals surface area contributed by atoms with Gasteiger partial charge in [-0.05, 0) is 28.7 Å². The van der Waals surface area contributed by atoms with Crippen molar-refractivity contribution < 1.29 is 41.5 Å². The smallest absolute Gasteiger partial charge is 0.372 e. The number of nitriles is 1. The monoisotopic (exact) mass is 563 g/mol. The molecule has 220 valence electrons. The molecule has 14 heteroatoms. The van der Waals surface area contributed by atoms with Crippen LogP contribution in [0.15, 0.2) is 11.6 Å². The standard InChI is InChI=1S/C13H23NO.C9H8FN3O3.C2H3F3.CH3NO/c1-12(2,3)6-11(15)14-7-9-10(8-14)13(9,4)5;10-7-2-5(8(15)13-9(7)16)1-6(3-11)12-4-14;1-2(3,4)5;2-1-3/h9-10H,6-8H2,1-5H3;2,4,6-7H,1H2,(H,12,14)(H,13,15,16);1H3;1H,(H2,2,3)/t9-,10?;;;/m0.../s1. The predicted molar refractivity (Wildman–Crippen MR) is 133 cm³/mol. The third-order valence-corrected chi connectivity index (χ3v) is 6.13. The van der Waals surface area contributed by atoms with Gasteiger partial charge in [0.05, 0.1) is 6.07 Å². The Kier molecular flexibility index (Phi) is 13.3. The quantitative estimate of drug-likeness (QED) is 0.264. The number of fused-ring (bicyclic) bond motifs is 1. The van der Waals surface area contributed by atoms with Gasteiger partial charge in [0, 0.05) is 38.4 Å². The Bertz CT molecular complexity index is 949. The first kappa shape index (κ1) is 35.5. The van der Waals surface area contributed by atoms with Crippen molar-refractivity contribution in [2.24, 2.45) is 28.4 Å².